The summed E-state index contributed by atoms with van der Waals surface area (Å²) in [6.07, 6.45) is 2.93. The Labute approximate surface area is 90.4 Å². The number of hydrogen-bond acceptors (Lipinski definition) is 3. The maximum atomic E-state index is 13.7. The average molecular weight is 218 g/mol. The summed E-state index contributed by atoms with van der Waals surface area (Å²) < 4.78 is 13.7. The molecular weight excluding hydrogens is 211 g/mol. The Hall–Kier alpha value is -2.30. The predicted octanol–water partition coefficient (Wildman–Crippen LogP) is 1.98. The molecule has 0 spiro atoms. The Bertz CT molecular complexity index is 529. The molecule has 1 heterocycles. The van der Waals surface area contributed by atoms with Crippen molar-refractivity contribution in [2.75, 3.05) is 0 Å². The van der Waals surface area contributed by atoms with Crippen LogP contribution in [-0.2, 0) is 0 Å². The molecule has 0 aliphatic heterocycles. The minimum Gasteiger partial charge on any atom is -0.478 e. The molecule has 0 saturated carbocycles. The van der Waals surface area contributed by atoms with Gasteiger partial charge in [0, 0.05) is 12.4 Å². The molecule has 2 rings (SSSR count). The van der Waals surface area contributed by atoms with Crippen LogP contribution in [-0.4, -0.2) is 21.0 Å². The fourth-order valence-electron chi connectivity index (χ4n) is 1.31. The van der Waals surface area contributed by atoms with Crippen LogP contribution in [0.15, 0.2) is 36.7 Å². The minimum atomic E-state index is -1.31. The van der Waals surface area contributed by atoms with Crippen molar-refractivity contribution in [3.8, 4) is 11.4 Å². The van der Waals surface area contributed by atoms with E-state index in [0.717, 1.165) is 0 Å². The number of hydrogen-bond donors (Lipinski definition) is 1. The van der Waals surface area contributed by atoms with E-state index in [0.29, 0.717) is 0 Å². The van der Waals surface area contributed by atoms with Crippen molar-refractivity contribution >= 4 is 5.97 Å². The summed E-state index contributed by atoms with van der Waals surface area (Å²) in [7, 11) is 0. The molecule has 0 aliphatic rings. The van der Waals surface area contributed by atoms with Crippen molar-refractivity contribution in [3.05, 3.63) is 48.0 Å². The molecule has 0 fully saturated rings. The van der Waals surface area contributed by atoms with Gasteiger partial charge in [-0.15, -0.1) is 0 Å². The highest BCUT2D eigenvalue weighted by Crippen LogP contribution is 2.21. The molecule has 0 amide bonds. The molecule has 0 saturated heterocycles. The number of carbonyl (C=O) groups is 1. The first-order valence-electron chi connectivity index (χ1n) is 4.49. The topological polar surface area (TPSA) is 63.1 Å². The Morgan fingerprint density at radius 2 is 1.88 bits per heavy atom. The molecule has 0 unspecified atom stereocenters. The van der Waals surface area contributed by atoms with Gasteiger partial charge in [0.05, 0.1) is 11.1 Å². The lowest BCUT2D eigenvalue weighted by atomic mass is 10.1. The Kier molecular flexibility index (Phi) is 2.59. The molecule has 0 radical (unpaired) electrons. The molecule has 1 aromatic heterocycles. The normalized spacial score (nSPS) is 10.1. The molecule has 5 heteroatoms. The van der Waals surface area contributed by atoms with Gasteiger partial charge in [-0.05, 0) is 18.2 Å². The van der Waals surface area contributed by atoms with E-state index in [1.165, 1.54) is 30.6 Å². The van der Waals surface area contributed by atoms with E-state index in [2.05, 4.69) is 9.97 Å². The van der Waals surface area contributed by atoms with E-state index in [1.54, 1.807) is 6.07 Å². The van der Waals surface area contributed by atoms with Gasteiger partial charge in [-0.2, -0.15) is 0 Å². The van der Waals surface area contributed by atoms with Crippen LogP contribution >= 0.6 is 0 Å². The summed E-state index contributed by atoms with van der Waals surface area (Å²) >= 11 is 0. The third-order valence-corrected chi connectivity index (χ3v) is 2.04. The van der Waals surface area contributed by atoms with Crippen LogP contribution in [0.5, 0.6) is 0 Å². The Morgan fingerprint density at radius 1 is 1.19 bits per heavy atom. The summed E-state index contributed by atoms with van der Waals surface area (Å²) in [6.45, 7) is 0. The van der Waals surface area contributed by atoms with Gasteiger partial charge in [-0.1, -0.05) is 6.07 Å². The van der Waals surface area contributed by atoms with Crippen molar-refractivity contribution in [3.63, 3.8) is 0 Å². The van der Waals surface area contributed by atoms with E-state index < -0.39 is 11.8 Å². The lowest BCUT2D eigenvalue weighted by molar-refractivity contribution is 0.0692. The van der Waals surface area contributed by atoms with Gasteiger partial charge in [0.15, 0.2) is 5.82 Å². The van der Waals surface area contributed by atoms with Crippen LogP contribution in [0.2, 0.25) is 0 Å². The first-order valence-corrected chi connectivity index (χ1v) is 4.49. The molecule has 0 bridgehead atoms. The molecule has 1 N–H and O–H groups in total. The molecule has 2 aromatic rings. The first kappa shape index (κ1) is 10.2. The fraction of sp³-hybridized carbons (Fsp3) is 0. The number of halogens is 1. The molecular formula is C11H7FN2O2. The molecule has 16 heavy (non-hydrogen) atoms. The van der Waals surface area contributed by atoms with Crippen molar-refractivity contribution in [1.82, 2.24) is 9.97 Å². The second-order valence-electron chi connectivity index (χ2n) is 3.04. The van der Waals surface area contributed by atoms with Crippen molar-refractivity contribution in [2.24, 2.45) is 0 Å². The highest BCUT2D eigenvalue weighted by Gasteiger charge is 2.15. The highest BCUT2D eigenvalue weighted by molar-refractivity contribution is 5.89. The standard InChI is InChI=1S/C11H7FN2O2/c12-9-7(10-13-5-2-6-14-10)3-1-4-8(9)11(15)16/h1-6H,(H,15,16). The van der Waals surface area contributed by atoms with Crippen LogP contribution in [0.3, 0.4) is 0 Å². The van der Waals surface area contributed by atoms with Gasteiger partial charge in [-0.3, -0.25) is 0 Å². The smallest absolute Gasteiger partial charge is 0.338 e. The van der Waals surface area contributed by atoms with Crippen LogP contribution < -0.4 is 0 Å². The summed E-state index contributed by atoms with van der Waals surface area (Å²) in [5, 5.41) is 8.76. The molecule has 0 atom stereocenters. The first-order chi connectivity index (χ1) is 7.70. The summed E-state index contributed by atoms with van der Waals surface area (Å²) in [5.74, 6) is -1.96. The summed E-state index contributed by atoms with van der Waals surface area (Å²) in [5.41, 5.74) is -0.301. The van der Waals surface area contributed by atoms with Gasteiger partial charge in [0.2, 0.25) is 0 Å². The second-order valence-corrected chi connectivity index (χ2v) is 3.04. The molecule has 0 aliphatic carbocycles. The SMILES string of the molecule is O=C(O)c1cccc(-c2ncccn2)c1F. The Balaban J connectivity index is 2.59. The number of aromatic nitrogens is 2. The van der Waals surface area contributed by atoms with Crippen molar-refractivity contribution in [2.45, 2.75) is 0 Å². The van der Waals surface area contributed by atoms with Crippen LogP contribution in [0.4, 0.5) is 4.39 Å². The quantitative estimate of drug-likeness (QED) is 0.837. The second kappa shape index (κ2) is 4.06. The minimum absolute atomic E-state index is 0.0838. The third-order valence-electron chi connectivity index (χ3n) is 2.04. The zero-order chi connectivity index (χ0) is 11.5. The zero-order valence-corrected chi connectivity index (χ0v) is 8.09. The molecule has 4 nitrogen and oxygen atoms in total. The van der Waals surface area contributed by atoms with E-state index in [4.69, 9.17) is 5.11 Å². The predicted molar refractivity (Wildman–Crippen MR) is 54.4 cm³/mol. The summed E-state index contributed by atoms with van der Waals surface area (Å²) in [4.78, 5) is 18.5. The lowest BCUT2D eigenvalue weighted by Gasteiger charge is -2.03. The zero-order valence-electron chi connectivity index (χ0n) is 8.09. The van der Waals surface area contributed by atoms with Gasteiger partial charge >= 0.3 is 5.97 Å². The fourth-order valence-corrected chi connectivity index (χ4v) is 1.31. The molecule has 1 aromatic carbocycles. The maximum absolute atomic E-state index is 13.7. The number of rotatable bonds is 2. The highest BCUT2D eigenvalue weighted by atomic mass is 19.1. The number of aromatic carboxylic acids is 1. The monoisotopic (exact) mass is 218 g/mol. The largest absolute Gasteiger partial charge is 0.478 e. The van der Waals surface area contributed by atoms with E-state index in [1.807, 2.05) is 0 Å². The van der Waals surface area contributed by atoms with Gasteiger partial charge < -0.3 is 5.11 Å². The number of carboxylic acid groups (broad SMARTS) is 1. The van der Waals surface area contributed by atoms with Crippen molar-refractivity contribution < 1.29 is 14.3 Å². The Morgan fingerprint density at radius 3 is 2.50 bits per heavy atom. The van der Waals surface area contributed by atoms with Gasteiger partial charge in [-0.25, -0.2) is 19.2 Å². The maximum Gasteiger partial charge on any atom is 0.338 e. The summed E-state index contributed by atoms with van der Waals surface area (Å²) in [6, 6.07) is 5.70. The third kappa shape index (κ3) is 1.75. The van der Waals surface area contributed by atoms with Gasteiger partial charge in [0.1, 0.15) is 5.82 Å². The van der Waals surface area contributed by atoms with E-state index in [9.17, 15) is 9.18 Å². The van der Waals surface area contributed by atoms with Crippen LogP contribution in [0.25, 0.3) is 11.4 Å². The number of carboxylic acids is 1. The molecule has 80 valence electrons. The number of nitrogens with zero attached hydrogens (tertiary/aromatic N) is 2. The van der Waals surface area contributed by atoms with Crippen molar-refractivity contribution in [1.29, 1.82) is 0 Å². The van der Waals surface area contributed by atoms with E-state index in [-0.39, 0.29) is 17.0 Å². The van der Waals surface area contributed by atoms with Crippen LogP contribution in [0.1, 0.15) is 10.4 Å². The van der Waals surface area contributed by atoms with Crippen LogP contribution in [0, 0.1) is 5.82 Å². The van der Waals surface area contributed by atoms with Gasteiger partial charge in [0.25, 0.3) is 0 Å². The average Bonchev–Trinajstić information content (AvgIpc) is 2.30. The lowest BCUT2D eigenvalue weighted by Crippen LogP contribution is -2.02. The van der Waals surface area contributed by atoms with E-state index >= 15 is 0 Å². The number of benzene rings is 1.